The second kappa shape index (κ2) is 11.9. The number of halogens is 1. The first-order chi connectivity index (χ1) is 12.2. The first-order valence-electron chi connectivity index (χ1n) is 7.98. The highest BCUT2D eigenvalue weighted by atomic mass is 127. The zero-order valence-electron chi connectivity index (χ0n) is 15.5. The van der Waals surface area contributed by atoms with Crippen LogP contribution in [0.3, 0.4) is 0 Å². The molecule has 0 aliphatic heterocycles. The number of methoxy groups -OCH3 is 2. The Morgan fingerprint density at radius 2 is 1.69 bits per heavy atom. The number of rotatable bonds is 7. The lowest BCUT2D eigenvalue weighted by Gasteiger charge is -2.14. The van der Waals surface area contributed by atoms with Crippen LogP contribution in [0.2, 0.25) is 0 Å². The van der Waals surface area contributed by atoms with Gasteiger partial charge in [0.15, 0.2) is 5.96 Å². The lowest BCUT2D eigenvalue weighted by molar-refractivity contribution is 0.390. The SMILES string of the molecule is CN=C(NCc1ccc(SC)cc1)NCc1ccc(OC)cc1OC.I. The molecule has 26 heavy (non-hydrogen) atoms. The van der Waals surface area contributed by atoms with Gasteiger partial charge in [-0.2, -0.15) is 0 Å². The lowest BCUT2D eigenvalue weighted by Crippen LogP contribution is -2.36. The van der Waals surface area contributed by atoms with Gasteiger partial charge in [-0.3, -0.25) is 4.99 Å². The van der Waals surface area contributed by atoms with Gasteiger partial charge in [-0.25, -0.2) is 0 Å². The summed E-state index contributed by atoms with van der Waals surface area (Å²) in [5.74, 6) is 2.30. The fourth-order valence-electron chi connectivity index (χ4n) is 2.33. The third-order valence-electron chi connectivity index (χ3n) is 3.78. The summed E-state index contributed by atoms with van der Waals surface area (Å²) in [4.78, 5) is 5.53. The number of nitrogens with zero attached hydrogens (tertiary/aromatic N) is 1. The van der Waals surface area contributed by atoms with Crippen molar-refractivity contribution in [2.45, 2.75) is 18.0 Å². The third-order valence-corrected chi connectivity index (χ3v) is 4.53. The summed E-state index contributed by atoms with van der Waals surface area (Å²) in [7, 11) is 5.06. The van der Waals surface area contributed by atoms with Crippen molar-refractivity contribution in [3.63, 3.8) is 0 Å². The Balaban J connectivity index is 0.00000338. The van der Waals surface area contributed by atoms with Crippen LogP contribution in [0, 0.1) is 0 Å². The molecule has 0 saturated heterocycles. The minimum absolute atomic E-state index is 0. The van der Waals surface area contributed by atoms with Crippen LogP contribution in [0.25, 0.3) is 0 Å². The Kier molecular flexibility index (Phi) is 10.3. The Morgan fingerprint density at radius 3 is 2.27 bits per heavy atom. The molecule has 5 nitrogen and oxygen atoms in total. The Labute approximate surface area is 177 Å². The van der Waals surface area contributed by atoms with Crippen molar-refractivity contribution in [2.75, 3.05) is 27.5 Å². The van der Waals surface area contributed by atoms with Gasteiger partial charge in [0.25, 0.3) is 0 Å². The number of nitrogens with one attached hydrogen (secondary N) is 2. The Bertz CT molecular complexity index is 708. The van der Waals surface area contributed by atoms with Gasteiger partial charge >= 0.3 is 0 Å². The largest absolute Gasteiger partial charge is 0.497 e. The molecule has 0 radical (unpaired) electrons. The van der Waals surface area contributed by atoms with Crippen LogP contribution in [0.1, 0.15) is 11.1 Å². The monoisotopic (exact) mass is 487 g/mol. The second-order valence-electron chi connectivity index (χ2n) is 5.31. The summed E-state index contributed by atoms with van der Waals surface area (Å²) in [6.45, 7) is 1.33. The molecule has 7 heteroatoms. The molecule has 0 aromatic heterocycles. The molecule has 0 spiro atoms. The van der Waals surface area contributed by atoms with Crippen LogP contribution in [-0.2, 0) is 13.1 Å². The van der Waals surface area contributed by atoms with Gasteiger partial charge in [-0.05, 0) is 36.1 Å². The molecule has 0 aliphatic carbocycles. The Morgan fingerprint density at radius 1 is 1.00 bits per heavy atom. The van der Waals surface area contributed by atoms with Crippen molar-refractivity contribution >= 4 is 41.7 Å². The fraction of sp³-hybridized carbons (Fsp3) is 0.316. The normalized spacial score (nSPS) is 10.7. The molecule has 2 rings (SSSR count). The van der Waals surface area contributed by atoms with Crippen molar-refractivity contribution in [1.82, 2.24) is 10.6 Å². The molecule has 2 aromatic carbocycles. The average molecular weight is 487 g/mol. The predicted octanol–water partition coefficient (Wildman–Crippen LogP) is 3.91. The minimum Gasteiger partial charge on any atom is -0.497 e. The summed E-state index contributed by atoms with van der Waals surface area (Å²) in [6, 6.07) is 14.3. The average Bonchev–Trinajstić information content (AvgIpc) is 2.68. The van der Waals surface area contributed by atoms with E-state index in [-0.39, 0.29) is 24.0 Å². The summed E-state index contributed by atoms with van der Waals surface area (Å²) < 4.78 is 10.6. The third kappa shape index (κ3) is 6.60. The van der Waals surface area contributed by atoms with E-state index in [0.29, 0.717) is 13.1 Å². The molecule has 142 valence electrons. The molecule has 0 aliphatic rings. The van der Waals surface area contributed by atoms with E-state index in [2.05, 4.69) is 46.1 Å². The summed E-state index contributed by atoms with van der Waals surface area (Å²) in [6.07, 6.45) is 2.08. The first-order valence-corrected chi connectivity index (χ1v) is 9.21. The molecule has 0 heterocycles. The van der Waals surface area contributed by atoms with Gasteiger partial charge in [-0.1, -0.05) is 12.1 Å². The quantitative estimate of drug-likeness (QED) is 0.269. The maximum Gasteiger partial charge on any atom is 0.191 e. The van der Waals surface area contributed by atoms with Gasteiger partial charge in [0.1, 0.15) is 11.5 Å². The van der Waals surface area contributed by atoms with Gasteiger partial charge in [-0.15, -0.1) is 35.7 Å². The molecule has 2 aromatic rings. The maximum absolute atomic E-state index is 5.42. The highest BCUT2D eigenvalue weighted by molar-refractivity contribution is 14.0. The van der Waals surface area contributed by atoms with Gasteiger partial charge in [0.2, 0.25) is 0 Å². The molecule has 0 atom stereocenters. The van der Waals surface area contributed by atoms with Crippen LogP contribution in [0.4, 0.5) is 0 Å². The van der Waals surface area contributed by atoms with Crippen molar-refractivity contribution < 1.29 is 9.47 Å². The zero-order chi connectivity index (χ0) is 18.1. The number of ether oxygens (including phenoxy) is 2. The van der Waals surface area contributed by atoms with Crippen LogP contribution in [0.15, 0.2) is 52.4 Å². The van der Waals surface area contributed by atoms with Crippen LogP contribution >= 0.6 is 35.7 Å². The van der Waals surface area contributed by atoms with Crippen molar-refractivity contribution in [2.24, 2.45) is 4.99 Å². The molecular formula is C19H26IN3O2S. The molecule has 0 amide bonds. The molecule has 0 saturated carbocycles. The van der Waals surface area contributed by atoms with Crippen LogP contribution in [0.5, 0.6) is 11.5 Å². The summed E-state index contributed by atoms with van der Waals surface area (Å²) in [5.41, 5.74) is 2.25. The number of benzene rings is 2. The van der Waals surface area contributed by atoms with Crippen molar-refractivity contribution in [3.8, 4) is 11.5 Å². The van der Waals surface area contributed by atoms with E-state index >= 15 is 0 Å². The summed E-state index contributed by atoms with van der Waals surface area (Å²) >= 11 is 1.74. The molecular weight excluding hydrogens is 461 g/mol. The van der Waals surface area contributed by atoms with Crippen LogP contribution in [-0.4, -0.2) is 33.5 Å². The predicted molar refractivity (Wildman–Crippen MR) is 120 cm³/mol. The first kappa shape index (κ1) is 22.4. The number of hydrogen-bond donors (Lipinski definition) is 2. The van der Waals surface area contributed by atoms with Gasteiger partial charge in [0, 0.05) is 36.7 Å². The molecule has 0 bridgehead atoms. The molecule has 2 N–H and O–H groups in total. The van der Waals surface area contributed by atoms with Crippen molar-refractivity contribution in [1.29, 1.82) is 0 Å². The van der Waals surface area contributed by atoms with E-state index in [0.717, 1.165) is 23.0 Å². The summed E-state index contributed by atoms with van der Waals surface area (Å²) in [5, 5.41) is 6.62. The fourth-order valence-corrected chi connectivity index (χ4v) is 2.73. The zero-order valence-corrected chi connectivity index (χ0v) is 18.7. The van der Waals surface area contributed by atoms with E-state index in [4.69, 9.17) is 9.47 Å². The highest BCUT2D eigenvalue weighted by Gasteiger charge is 2.06. The number of thioether (sulfide) groups is 1. The molecule has 0 unspecified atom stereocenters. The molecule has 0 fully saturated rings. The number of guanidine groups is 1. The minimum atomic E-state index is 0. The number of hydrogen-bond acceptors (Lipinski definition) is 4. The van der Waals surface area contributed by atoms with Gasteiger partial charge in [0.05, 0.1) is 14.2 Å². The lowest BCUT2D eigenvalue weighted by atomic mass is 10.2. The van der Waals surface area contributed by atoms with Gasteiger partial charge < -0.3 is 20.1 Å². The van der Waals surface area contributed by atoms with Crippen molar-refractivity contribution in [3.05, 3.63) is 53.6 Å². The van der Waals surface area contributed by atoms with E-state index in [1.807, 2.05) is 18.2 Å². The standard InChI is InChI=1S/C19H25N3O2S.HI/c1-20-19(21-12-14-5-9-17(25-4)10-6-14)22-13-15-7-8-16(23-2)11-18(15)24-3;/h5-11H,12-13H2,1-4H3,(H2,20,21,22);1H. The van der Waals surface area contributed by atoms with E-state index < -0.39 is 0 Å². The second-order valence-corrected chi connectivity index (χ2v) is 6.18. The smallest absolute Gasteiger partial charge is 0.191 e. The Hall–Kier alpha value is -1.61. The van der Waals surface area contributed by atoms with E-state index in [1.54, 1.807) is 33.0 Å². The highest BCUT2D eigenvalue weighted by Crippen LogP contribution is 2.24. The van der Waals surface area contributed by atoms with E-state index in [1.165, 1.54) is 10.5 Å². The topological polar surface area (TPSA) is 54.9 Å². The number of aliphatic imine (C=N–C) groups is 1. The van der Waals surface area contributed by atoms with E-state index in [9.17, 15) is 0 Å². The maximum atomic E-state index is 5.42. The van der Waals surface area contributed by atoms with Crippen LogP contribution < -0.4 is 20.1 Å².